The fourth-order valence-electron chi connectivity index (χ4n) is 2.39. The van der Waals surface area contributed by atoms with Gasteiger partial charge in [-0.25, -0.2) is 9.78 Å². The molecule has 124 valence electrons. The lowest BCUT2D eigenvalue weighted by Crippen LogP contribution is -2.35. The van der Waals surface area contributed by atoms with Gasteiger partial charge in [-0.2, -0.15) is 0 Å². The average molecular weight is 356 g/mol. The van der Waals surface area contributed by atoms with E-state index in [1.165, 1.54) is 16.9 Å². The summed E-state index contributed by atoms with van der Waals surface area (Å²) < 4.78 is 11.3. The zero-order chi connectivity index (χ0) is 16.1. The van der Waals surface area contributed by atoms with E-state index in [1.807, 2.05) is 6.07 Å². The average Bonchev–Trinajstić information content (AvgIpc) is 2.95. The van der Waals surface area contributed by atoms with Gasteiger partial charge in [0.25, 0.3) is 0 Å². The molecule has 1 N–H and O–H groups in total. The Bertz CT molecular complexity index is 673. The van der Waals surface area contributed by atoms with Crippen molar-refractivity contribution in [3.63, 3.8) is 0 Å². The minimum absolute atomic E-state index is 0.183. The van der Waals surface area contributed by atoms with Crippen LogP contribution in [0.2, 0.25) is 0 Å². The number of aromatic nitrogens is 1. The van der Waals surface area contributed by atoms with Crippen molar-refractivity contribution in [3.8, 4) is 0 Å². The normalized spacial score (nSPS) is 15.7. The van der Waals surface area contributed by atoms with E-state index in [1.54, 1.807) is 0 Å². The molecule has 2 aromatic rings. The van der Waals surface area contributed by atoms with Gasteiger partial charge in [0, 0.05) is 19.6 Å². The second kappa shape index (κ2) is 7.92. The third kappa shape index (κ3) is 4.54. The van der Waals surface area contributed by atoms with Crippen molar-refractivity contribution in [1.29, 1.82) is 0 Å². The van der Waals surface area contributed by atoms with E-state index in [4.69, 9.17) is 21.1 Å². The molecule has 6 nitrogen and oxygen atoms in total. The molecule has 0 bridgehead atoms. The number of alkyl halides is 1. The number of fused-ring (bicyclic) bond motifs is 1. The van der Waals surface area contributed by atoms with Crippen molar-refractivity contribution in [1.82, 2.24) is 9.88 Å². The third-order valence-electron chi connectivity index (χ3n) is 3.48. The van der Waals surface area contributed by atoms with Gasteiger partial charge in [-0.3, -0.25) is 10.2 Å². The monoisotopic (exact) mass is 355 g/mol. The molecule has 0 saturated carbocycles. The lowest BCUT2D eigenvalue weighted by molar-refractivity contribution is 0.0342. The highest BCUT2D eigenvalue weighted by Crippen LogP contribution is 2.27. The summed E-state index contributed by atoms with van der Waals surface area (Å²) >= 11 is 6.92. The number of ether oxygens (including phenoxy) is 2. The number of carbonyl (C=O) groups excluding carboxylic acids is 1. The van der Waals surface area contributed by atoms with Gasteiger partial charge in [0.05, 0.1) is 29.3 Å². The number of thiazole rings is 1. The maximum atomic E-state index is 11.5. The Kier molecular flexibility index (Phi) is 5.66. The smallest absolute Gasteiger partial charge is 0.413 e. The molecule has 0 aliphatic carbocycles. The molecule has 1 aromatic carbocycles. The van der Waals surface area contributed by atoms with E-state index in [2.05, 4.69) is 27.3 Å². The van der Waals surface area contributed by atoms with Gasteiger partial charge >= 0.3 is 6.09 Å². The van der Waals surface area contributed by atoms with Crippen LogP contribution in [-0.4, -0.2) is 54.8 Å². The summed E-state index contributed by atoms with van der Waals surface area (Å²) in [6.45, 7) is 4.59. The number of benzene rings is 1. The van der Waals surface area contributed by atoms with E-state index < -0.39 is 6.09 Å². The molecular formula is C15H18ClN3O3S. The molecular weight excluding hydrogens is 338 g/mol. The number of carbonyl (C=O) groups is 1. The summed E-state index contributed by atoms with van der Waals surface area (Å²) in [5.74, 6) is 0.276. The summed E-state index contributed by atoms with van der Waals surface area (Å²) in [4.78, 5) is 18.3. The fourth-order valence-corrected chi connectivity index (χ4v) is 3.39. The number of rotatable bonds is 5. The summed E-state index contributed by atoms with van der Waals surface area (Å²) in [6.07, 6.45) is -0.529. The molecule has 0 unspecified atom stereocenters. The van der Waals surface area contributed by atoms with Crippen molar-refractivity contribution in [2.24, 2.45) is 0 Å². The Morgan fingerprint density at radius 1 is 1.43 bits per heavy atom. The Labute approximate surface area is 143 Å². The number of hydrogen-bond acceptors (Lipinski definition) is 6. The van der Waals surface area contributed by atoms with Crippen LogP contribution in [0.4, 0.5) is 9.93 Å². The van der Waals surface area contributed by atoms with Crippen LogP contribution in [-0.2, 0) is 16.0 Å². The minimum Gasteiger partial charge on any atom is -0.448 e. The first kappa shape index (κ1) is 16.4. The number of nitrogens with zero attached hydrogens (tertiary/aromatic N) is 2. The second-order valence-electron chi connectivity index (χ2n) is 5.16. The second-order valence-corrected chi connectivity index (χ2v) is 6.57. The molecule has 0 atom stereocenters. The molecule has 1 amide bonds. The van der Waals surface area contributed by atoms with Gasteiger partial charge in [0.15, 0.2) is 5.13 Å². The third-order valence-corrected chi connectivity index (χ3v) is 4.57. The zero-order valence-electron chi connectivity index (χ0n) is 12.6. The van der Waals surface area contributed by atoms with Crippen LogP contribution in [0, 0.1) is 0 Å². The quantitative estimate of drug-likeness (QED) is 0.835. The van der Waals surface area contributed by atoms with Gasteiger partial charge in [0.1, 0.15) is 6.61 Å². The van der Waals surface area contributed by atoms with Crippen molar-refractivity contribution >= 4 is 44.4 Å². The highest BCUT2D eigenvalue weighted by Gasteiger charge is 2.12. The van der Waals surface area contributed by atoms with Crippen LogP contribution in [0.1, 0.15) is 5.56 Å². The largest absolute Gasteiger partial charge is 0.448 e. The molecule has 1 aromatic heterocycles. The molecule has 3 rings (SSSR count). The lowest BCUT2D eigenvalue weighted by Gasteiger charge is -2.26. The molecule has 8 heteroatoms. The lowest BCUT2D eigenvalue weighted by atomic mass is 10.2. The number of morpholine rings is 1. The molecule has 0 spiro atoms. The molecule has 1 aliphatic rings. The fraction of sp³-hybridized carbons (Fsp3) is 0.467. The van der Waals surface area contributed by atoms with Gasteiger partial charge in [-0.05, 0) is 17.7 Å². The van der Waals surface area contributed by atoms with Gasteiger partial charge in [0.2, 0.25) is 0 Å². The molecule has 1 saturated heterocycles. The van der Waals surface area contributed by atoms with Crippen LogP contribution in [0.5, 0.6) is 0 Å². The standard InChI is InChI=1S/C15H18ClN3O3S/c16-3-6-22-15(20)18-14-17-12-2-1-11(9-13(12)23-14)10-19-4-7-21-8-5-19/h1-2,9H,3-8,10H2,(H,17,18,20). The molecule has 0 radical (unpaired) electrons. The summed E-state index contributed by atoms with van der Waals surface area (Å²) in [5.41, 5.74) is 2.10. The minimum atomic E-state index is -0.529. The topological polar surface area (TPSA) is 63.7 Å². The first-order valence-corrected chi connectivity index (χ1v) is 8.79. The van der Waals surface area contributed by atoms with E-state index in [9.17, 15) is 4.79 Å². The highest BCUT2D eigenvalue weighted by molar-refractivity contribution is 7.22. The Morgan fingerprint density at radius 3 is 3.04 bits per heavy atom. The van der Waals surface area contributed by atoms with Gasteiger partial charge < -0.3 is 9.47 Å². The Balaban J connectivity index is 1.66. The molecule has 2 heterocycles. The maximum Gasteiger partial charge on any atom is 0.413 e. The predicted octanol–water partition coefficient (Wildman–Crippen LogP) is 2.92. The number of halogens is 1. The number of nitrogens with one attached hydrogen (secondary N) is 1. The summed E-state index contributed by atoms with van der Waals surface area (Å²) in [5, 5.41) is 3.16. The van der Waals surface area contributed by atoms with Gasteiger partial charge in [-0.1, -0.05) is 17.4 Å². The summed E-state index contributed by atoms with van der Waals surface area (Å²) in [7, 11) is 0. The number of anilines is 1. The zero-order valence-corrected chi connectivity index (χ0v) is 14.2. The Hall–Kier alpha value is -1.41. The SMILES string of the molecule is O=C(Nc1nc2ccc(CN3CCOCC3)cc2s1)OCCCl. The predicted molar refractivity (Wildman–Crippen MR) is 91.4 cm³/mol. The van der Waals surface area contributed by atoms with Crippen molar-refractivity contribution < 1.29 is 14.3 Å². The van der Waals surface area contributed by atoms with E-state index >= 15 is 0 Å². The van der Waals surface area contributed by atoms with Gasteiger partial charge in [-0.15, -0.1) is 11.6 Å². The first-order valence-electron chi connectivity index (χ1n) is 7.44. The number of hydrogen-bond donors (Lipinski definition) is 1. The van der Waals surface area contributed by atoms with E-state index in [-0.39, 0.29) is 12.5 Å². The number of amides is 1. The molecule has 23 heavy (non-hydrogen) atoms. The maximum absolute atomic E-state index is 11.5. The van der Waals surface area contributed by atoms with Crippen molar-refractivity contribution in [2.75, 3.05) is 44.1 Å². The molecule has 1 fully saturated rings. The van der Waals surface area contributed by atoms with Crippen molar-refractivity contribution in [2.45, 2.75) is 6.54 Å². The van der Waals surface area contributed by atoms with Crippen LogP contribution < -0.4 is 5.32 Å². The van der Waals surface area contributed by atoms with Crippen LogP contribution >= 0.6 is 22.9 Å². The highest BCUT2D eigenvalue weighted by atomic mass is 35.5. The van der Waals surface area contributed by atoms with Crippen molar-refractivity contribution in [3.05, 3.63) is 23.8 Å². The molecule has 1 aliphatic heterocycles. The van der Waals surface area contributed by atoms with Crippen LogP contribution in [0.15, 0.2) is 18.2 Å². The first-order chi connectivity index (χ1) is 11.2. The van der Waals surface area contributed by atoms with E-state index in [0.29, 0.717) is 5.13 Å². The van der Waals surface area contributed by atoms with E-state index in [0.717, 1.165) is 43.1 Å². The van der Waals surface area contributed by atoms with Crippen LogP contribution in [0.25, 0.3) is 10.2 Å². The Morgan fingerprint density at radius 2 is 2.26 bits per heavy atom. The summed E-state index contributed by atoms with van der Waals surface area (Å²) in [6, 6.07) is 6.18. The van der Waals surface area contributed by atoms with Crippen LogP contribution in [0.3, 0.4) is 0 Å².